The average molecular weight is 239 g/mol. The number of halogens is 1. The summed E-state index contributed by atoms with van der Waals surface area (Å²) in [6, 6.07) is 3.50. The van der Waals surface area contributed by atoms with E-state index >= 15 is 0 Å². The predicted molar refractivity (Wildman–Crippen MR) is 64.5 cm³/mol. The number of amides is 1. The second-order valence-electron chi connectivity index (χ2n) is 4.86. The maximum absolute atomic E-state index is 13.4. The Hall–Kier alpha value is -1.58. The molecule has 0 heterocycles. The number of hydrogen-bond acceptors (Lipinski definition) is 2. The highest BCUT2D eigenvalue weighted by atomic mass is 19.1. The Bertz CT molecular complexity index is 416. The fourth-order valence-corrected chi connectivity index (χ4v) is 1.23. The van der Waals surface area contributed by atoms with Gasteiger partial charge >= 0.3 is 0 Å². The number of carbonyl (C=O) groups excluding carboxylic acids is 1. The smallest absolute Gasteiger partial charge is 0.254 e. The van der Waals surface area contributed by atoms with Crippen LogP contribution in [0.25, 0.3) is 0 Å². The molecular weight excluding hydrogens is 221 g/mol. The van der Waals surface area contributed by atoms with Crippen molar-refractivity contribution >= 4 is 5.91 Å². The summed E-state index contributed by atoms with van der Waals surface area (Å²) in [6.07, 6.45) is 0.922. The first-order valence-electron chi connectivity index (χ1n) is 5.62. The third-order valence-corrected chi connectivity index (χ3v) is 2.88. The number of phenolic OH excluding ortho intramolecular Hbond substituents is 1. The van der Waals surface area contributed by atoms with Gasteiger partial charge in [-0.15, -0.1) is 0 Å². The third-order valence-electron chi connectivity index (χ3n) is 2.88. The van der Waals surface area contributed by atoms with Gasteiger partial charge in [0.1, 0.15) is 11.6 Å². The van der Waals surface area contributed by atoms with Crippen LogP contribution in [0.1, 0.15) is 37.6 Å². The maximum Gasteiger partial charge on any atom is 0.254 e. The lowest BCUT2D eigenvalue weighted by Crippen LogP contribution is -2.34. The molecule has 0 aliphatic rings. The first kappa shape index (κ1) is 13.5. The van der Waals surface area contributed by atoms with Crippen LogP contribution in [-0.2, 0) is 0 Å². The van der Waals surface area contributed by atoms with Crippen molar-refractivity contribution in [3.05, 3.63) is 29.6 Å². The van der Waals surface area contributed by atoms with Crippen molar-refractivity contribution in [1.29, 1.82) is 0 Å². The van der Waals surface area contributed by atoms with Gasteiger partial charge in [-0.1, -0.05) is 20.8 Å². The highest BCUT2D eigenvalue weighted by Gasteiger charge is 2.18. The zero-order valence-corrected chi connectivity index (χ0v) is 10.4. The molecule has 0 bridgehead atoms. The molecule has 0 aromatic heterocycles. The second-order valence-corrected chi connectivity index (χ2v) is 4.86. The Morgan fingerprint density at radius 1 is 1.47 bits per heavy atom. The quantitative estimate of drug-likeness (QED) is 0.848. The lowest BCUT2D eigenvalue weighted by Gasteiger charge is -2.22. The molecule has 1 amide bonds. The van der Waals surface area contributed by atoms with E-state index in [-0.39, 0.29) is 16.7 Å². The topological polar surface area (TPSA) is 49.3 Å². The molecule has 0 saturated heterocycles. The van der Waals surface area contributed by atoms with E-state index in [4.69, 9.17) is 5.11 Å². The molecule has 17 heavy (non-hydrogen) atoms. The molecule has 94 valence electrons. The average Bonchev–Trinajstić information content (AvgIpc) is 2.26. The fourth-order valence-electron chi connectivity index (χ4n) is 1.23. The second kappa shape index (κ2) is 5.17. The van der Waals surface area contributed by atoms with Gasteiger partial charge in [0.2, 0.25) is 0 Å². The monoisotopic (exact) mass is 239 g/mol. The number of aromatic hydroxyl groups is 1. The van der Waals surface area contributed by atoms with Crippen LogP contribution in [0.3, 0.4) is 0 Å². The standard InChI is InChI=1S/C13H18FNO2/c1-4-13(2,3)8-15-12(17)10-6-5-9(16)7-11(10)14/h5-7,16H,4,8H2,1-3H3,(H,15,17). The minimum absolute atomic E-state index is 0.0109. The molecule has 0 fully saturated rings. The number of benzene rings is 1. The fraction of sp³-hybridized carbons (Fsp3) is 0.462. The van der Waals surface area contributed by atoms with E-state index in [1.165, 1.54) is 12.1 Å². The summed E-state index contributed by atoms with van der Waals surface area (Å²) >= 11 is 0. The van der Waals surface area contributed by atoms with E-state index in [1.807, 2.05) is 20.8 Å². The third kappa shape index (κ3) is 3.73. The summed E-state index contributed by atoms with van der Waals surface area (Å²) in [7, 11) is 0. The van der Waals surface area contributed by atoms with Gasteiger partial charge in [0.15, 0.2) is 0 Å². The molecule has 1 aromatic carbocycles. The van der Waals surface area contributed by atoms with E-state index < -0.39 is 11.7 Å². The van der Waals surface area contributed by atoms with Crippen LogP contribution in [-0.4, -0.2) is 17.6 Å². The predicted octanol–water partition coefficient (Wildman–Crippen LogP) is 2.70. The Labute approximate surface area is 101 Å². The highest BCUT2D eigenvalue weighted by molar-refractivity contribution is 5.94. The molecule has 2 N–H and O–H groups in total. The Morgan fingerprint density at radius 2 is 2.12 bits per heavy atom. The summed E-state index contributed by atoms with van der Waals surface area (Å²) in [5.74, 6) is -1.35. The van der Waals surface area contributed by atoms with Gasteiger partial charge < -0.3 is 10.4 Å². The minimum atomic E-state index is -0.711. The molecule has 0 saturated carbocycles. The van der Waals surface area contributed by atoms with Crippen LogP contribution in [0.15, 0.2) is 18.2 Å². The lowest BCUT2D eigenvalue weighted by atomic mass is 9.90. The normalized spacial score (nSPS) is 11.3. The summed E-state index contributed by atoms with van der Waals surface area (Å²) < 4.78 is 13.4. The highest BCUT2D eigenvalue weighted by Crippen LogP contribution is 2.19. The van der Waals surface area contributed by atoms with Crippen LogP contribution < -0.4 is 5.32 Å². The van der Waals surface area contributed by atoms with Gasteiger partial charge in [-0.3, -0.25) is 4.79 Å². The molecule has 1 aromatic rings. The summed E-state index contributed by atoms with van der Waals surface area (Å²) in [5, 5.41) is 11.7. The van der Waals surface area contributed by atoms with Gasteiger partial charge in [-0.25, -0.2) is 4.39 Å². The molecular formula is C13H18FNO2. The summed E-state index contributed by atoms with van der Waals surface area (Å²) in [4.78, 5) is 11.7. The zero-order chi connectivity index (χ0) is 13.1. The van der Waals surface area contributed by atoms with Crippen molar-refractivity contribution in [1.82, 2.24) is 5.32 Å². The molecule has 3 nitrogen and oxygen atoms in total. The van der Waals surface area contributed by atoms with Crippen LogP contribution >= 0.6 is 0 Å². The number of phenols is 1. The van der Waals surface area contributed by atoms with E-state index in [2.05, 4.69) is 5.32 Å². The summed E-state index contributed by atoms with van der Waals surface area (Å²) in [6.45, 7) is 6.58. The first-order chi connectivity index (χ1) is 7.85. The van der Waals surface area contributed by atoms with Gasteiger partial charge in [0.05, 0.1) is 5.56 Å². The number of carbonyl (C=O) groups is 1. The minimum Gasteiger partial charge on any atom is -0.508 e. The molecule has 4 heteroatoms. The number of rotatable bonds is 4. The SMILES string of the molecule is CCC(C)(C)CNC(=O)c1ccc(O)cc1F. The Kier molecular flexibility index (Phi) is 4.10. The van der Waals surface area contributed by atoms with Crippen molar-refractivity contribution in [2.75, 3.05) is 6.54 Å². The van der Waals surface area contributed by atoms with Crippen LogP contribution in [0, 0.1) is 11.2 Å². The van der Waals surface area contributed by atoms with Crippen molar-refractivity contribution in [2.24, 2.45) is 5.41 Å². The van der Waals surface area contributed by atoms with Gasteiger partial charge in [0, 0.05) is 12.6 Å². The van der Waals surface area contributed by atoms with E-state index in [0.29, 0.717) is 6.54 Å². The molecule has 0 radical (unpaired) electrons. The number of nitrogens with one attached hydrogen (secondary N) is 1. The van der Waals surface area contributed by atoms with Crippen molar-refractivity contribution < 1.29 is 14.3 Å². The first-order valence-corrected chi connectivity index (χ1v) is 5.62. The van der Waals surface area contributed by atoms with Gasteiger partial charge in [-0.05, 0) is 24.0 Å². The molecule has 0 spiro atoms. The van der Waals surface area contributed by atoms with Gasteiger partial charge in [0.25, 0.3) is 5.91 Å². The summed E-state index contributed by atoms with van der Waals surface area (Å²) in [5.41, 5.74) is -0.0574. The molecule has 1 rings (SSSR count). The Balaban J connectivity index is 2.71. The molecule has 0 aliphatic heterocycles. The van der Waals surface area contributed by atoms with Crippen LogP contribution in [0.2, 0.25) is 0 Å². The van der Waals surface area contributed by atoms with Crippen molar-refractivity contribution in [3.63, 3.8) is 0 Å². The van der Waals surface area contributed by atoms with Gasteiger partial charge in [-0.2, -0.15) is 0 Å². The molecule has 0 aliphatic carbocycles. The van der Waals surface area contributed by atoms with E-state index in [0.717, 1.165) is 12.5 Å². The lowest BCUT2D eigenvalue weighted by molar-refractivity contribution is 0.0931. The Morgan fingerprint density at radius 3 is 2.65 bits per heavy atom. The van der Waals surface area contributed by atoms with Crippen molar-refractivity contribution in [2.45, 2.75) is 27.2 Å². The largest absolute Gasteiger partial charge is 0.508 e. The molecule has 0 unspecified atom stereocenters. The van der Waals surface area contributed by atoms with E-state index in [9.17, 15) is 9.18 Å². The van der Waals surface area contributed by atoms with Crippen molar-refractivity contribution in [3.8, 4) is 5.75 Å². The molecule has 0 atom stereocenters. The van der Waals surface area contributed by atoms with Crippen LogP contribution in [0.5, 0.6) is 5.75 Å². The maximum atomic E-state index is 13.4. The van der Waals surface area contributed by atoms with E-state index in [1.54, 1.807) is 0 Å². The zero-order valence-electron chi connectivity index (χ0n) is 10.4. The number of hydrogen-bond donors (Lipinski definition) is 2. The van der Waals surface area contributed by atoms with Crippen LogP contribution in [0.4, 0.5) is 4.39 Å².